The average Bonchev–Trinajstić information content (AvgIpc) is 3.81. The van der Waals surface area contributed by atoms with Crippen molar-refractivity contribution in [3.05, 3.63) is 146 Å². The van der Waals surface area contributed by atoms with Gasteiger partial charge in [-0.3, -0.25) is 0 Å². The van der Waals surface area contributed by atoms with E-state index in [9.17, 15) is 0 Å². The van der Waals surface area contributed by atoms with Crippen LogP contribution in [0.4, 0.5) is 0 Å². The van der Waals surface area contributed by atoms with E-state index in [2.05, 4.69) is 140 Å². The summed E-state index contributed by atoms with van der Waals surface area (Å²) in [5, 5.41) is 12.0. The first-order chi connectivity index (χ1) is 23.3. The Morgan fingerprint density at radius 3 is 1.77 bits per heavy atom. The molecule has 0 amide bonds. The van der Waals surface area contributed by atoms with Crippen molar-refractivity contribution in [1.29, 1.82) is 0 Å². The van der Waals surface area contributed by atoms with Gasteiger partial charge in [-0.2, -0.15) is 0 Å². The highest BCUT2D eigenvalue weighted by molar-refractivity contribution is 7.26. The number of thiophene rings is 1. The Hall–Kier alpha value is -5.90. The number of hydrogen-bond acceptors (Lipinski definition) is 3. The molecule has 0 bridgehead atoms. The fourth-order valence-electron chi connectivity index (χ4n) is 7.91. The molecular formula is C44H24O2S. The van der Waals surface area contributed by atoms with Crippen LogP contribution in [0, 0.1) is 0 Å². The van der Waals surface area contributed by atoms with E-state index in [0.717, 1.165) is 44.1 Å². The molecule has 0 aliphatic heterocycles. The molecule has 3 aromatic heterocycles. The molecule has 0 unspecified atom stereocenters. The Kier molecular flexibility index (Phi) is 5.02. The molecule has 218 valence electrons. The number of benzene rings is 8. The van der Waals surface area contributed by atoms with Crippen LogP contribution in [0.3, 0.4) is 0 Å². The van der Waals surface area contributed by atoms with Gasteiger partial charge in [-0.25, -0.2) is 0 Å². The third kappa shape index (κ3) is 3.44. The Bertz CT molecular complexity index is 3020. The zero-order valence-electron chi connectivity index (χ0n) is 25.1. The normalized spacial score (nSPS) is 12.3. The Morgan fingerprint density at radius 1 is 0.362 bits per heavy atom. The lowest BCUT2D eigenvalue weighted by atomic mass is 9.85. The number of para-hydroxylation sites is 2. The predicted octanol–water partition coefficient (Wildman–Crippen LogP) is 13.5. The van der Waals surface area contributed by atoms with Gasteiger partial charge >= 0.3 is 0 Å². The molecule has 0 aliphatic carbocycles. The number of hydrogen-bond donors (Lipinski definition) is 0. The van der Waals surface area contributed by atoms with Crippen molar-refractivity contribution < 1.29 is 8.83 Å². The first kappa shape index (κ1) is 25.3. The molecule has 11 rings (SSSR count). The summed E-state index contributed by atoms with van der Waals surface area (Å²) < 4.78 is 15.6. The molecule has 0 atom stereocenters. The molecule has 2 nitrogen and oxygen atoms in total. The molecule has 3 heteroatoms. The highest BCUT2D eigenvalue weighted by Crippen LogP contribution is 2.48. The van der Waals surface area contributed by atoms with Gasteiger partial charge in [-0.05, 0) is 69.1 Å². The summed E-state index contributed by atoms with van der Waals surface area (Å²) in [5.41, 5.74) is 8.40. The SMILES string of the molecule is c1ccc2c(c1)oc1c(-c3c4ccccc4c(-c4ccc5oc6ccc7sc8ccccc8c7c6c5c4)c4ccccc34)cccc12. The van der Waals surface area contributed by atoms with Crippen molar-refractivity contribution in [2.24, 2.45) is 0 Å². The quantitative estimate of drug-likeness (QED) is 0.181. The molecular weight excluding hydrogens is 593 g/mol. The average molecular weight is 617 g/mol. The fourth-order valence-corrected chi connectivity index (χ4v) is 9.03. The van der Waals surface area contributed by atoms with Crippen molar-refractivity contribution >= 4 is 96.9 Å². The van der Waals surface area contributed by atoms with Crippen LogP contribution in [0.1, 0.15) is 0 Å². The molecule has 0 N–H and O–H groups in total. The lowest BCUT2D eigenvalue weighted by Crippen LogP contribution is -1.91. The number of fused-ring (bicyclic) bond motifs is 12. The Balaban J connectivity index is 1.25. The van der Waals surface area contributed by atoms with Crippen LogP contribution in [0.15, 0.2) is 154 Å². The van der Waals surface area contributed by atoms with Gasteiger partial charge < -0.3 is 8.83 Å². The second-order valence-electron chi connectivity index (χ2n) is 12.3. The molecule has 0 radical (unpaired) electrons. The molecule has 0 saturated heterocycles. The highest BCUT2D eigenvalue weighted by atomic mass is 32.1. The first-order valence-corrected chi connectivity index (χ1v) is 16.7. The van der Waals surface area contributed by atoms with Gasteiger partial charge in [0.05, 0.1) is 0 Å². The second kappa shape index (κ2) is 9.32. The lowest BCUT2D eigenvalue weighted by molar-refractivity contribution is 0.669. The van der Waals surface area contributed by atoms with Gasteiger partial charge in [0.15, 0.2) is 0 Å². The largest absolute Gasteiger partial charge is 0.456 e. The van der Waals surface area contributed by atoms with Crippen molar-refractivity contribution in [3.63, 3.8) is 0 Å². The van der Waals surface area contributed by atoms with Gasteiger partial charge in [0.1, 0.15) is 22.3 Å². The maximum atomic E-state index is 6.58. The van der Waals surface area contributed by atoms with Gasteiger partial charge in [0, 0.05) is 52.8 Å². The molecule has 47 heavy (non-hydrogen) atoms. The van der Waals surface area contributed by atoms with E-state index in [1.165, 1.54) is 63.8 Å². The summed E-state index contributed by atoms with van der Waals surface area (Å²) in [6.07, 6.45) is 0. The molecule has 8 aromatic carbocycles. The van der Waals surface area contributed by atoms with E-state index in [1.54, 1.807) is 0 Å². The maximum Gasteiger partial charge on any atom is 0.143 e. The van der Waals surface area contributed by atoms with Crippen molar-refractivity contribution in [2.45, 2.75) is 0 Å². The Morgan fingerprint density at radius 2 is 0.979 bits per heavy atom. The number of furan rings is 2. The summed E-state index contributed by atoms with van der Waals surface area (Å²) in [7, 11) is 0. The van der Waals surface area contributed by atoms with Crippen molar-refractivity contribution in [3.8, 4) is 22.3 Å². The summed E-state index contributed by atoms with van der Waals surface area (Å²) in [6, 6.07) is 52.3. The highest BCUT2D eigenvalue weighted by Gasteiger charge is 2.21. The van der Waals surface area contributed by atoms with Gasteiger partial charge in [-0.1, -0.05) is 109 Å². The second-order valence-corrected chi connectivity index (χ2v) is 13.4. The molecule has 0 aliphatic rings. The summed E-state index contributed by atoms with van der Waals surface area (Å²) in [4.78, 5) is 0. The van der Waals surface area contributed by atoms with Crippen LogP contribution in [-0.2, 0) is 0 Å². The van der Waals surface area contributed by atoms with Gasteiger partial charge in [0.2, 0.25) is 0 Å². The topological polar surface area (TPSA) is 26.3 Å². The van der Waals surface area contributed by atoms with E-state index in [4.69, 9.17) is 8.83 Å². The summed E-state index contributed by atoms with van der Waals surface area (Å²) in [5.74, 6) is 0. The third-order valence-electron chi connectivity index (χ3n) is 9.87. The number of rotatable bonds is 2. The van der Waals surface area contributed by atoms with Crippen LogP contribution >= 0.6 is 11.3 Å². The van der Waals surface area contributed by atoms with Crippen molar-refractivity contribution in [2.75, 3.05) is 0 Å². The zero-order valence-corrected chi connectivity index (χ0v) is 25.9. The van der Waals surface area contributed by atoms with E-state index in [1.807, 2.05) is 17.4 Å². The zero-order chi connectivity index (χ0) is 30.6. The van der Waals surface area contributed by atoms with Crippen LogP contribution in [-0.4, -0.2) is 0 Å². The smallest absolute Gasteiger partial charge is 0.143 e. The summed E-state index contributed by atoms with van der Waals surface area (Å²) >= 11 is 1.84. The van der Waals surface area contributed by atoms with Crippen LogP contribution in [0.5, 0.6) is 0 Å². The molecule has 11 aromatic rings. The van der Waals surface area contributed by atoms with Crippen LogP contribution < -0.4 is 0 Å². The Labute approximate surface area is 272 Å². The van der Waals surface area contributed by atoms with Crippen LogP contribution in [0.25, 0.3) is 108 Å². The van der Waals surface area contributed by atoms with E-state index < -0.39 is 0 Å². The van der Waals surface area contributed by atoms with Gasteiger partial charge in [0.25, 0.3) is 0 Å². The first-order valence-electron chi connectivity index (χ1n) is 15.9. The summed E-state index contributed by atoms with van der Waals surface area (Å²) in [6.45, 7) is 0. The molecule has 3 heterocycles. The monoisotopic (exact) mass is 616 g/mol. The molecule has 0 spiro atoms. The standard InChI is InChI=1S/C44H24O2S/c1-3-13-29-27(11-1)40(25-20-21-36-34(24-25)42-37(45-36)22-23-39-43(42)32-15-6-8-19-38(32)47-39)28-12-2-4-14-30(28)41(29)33-17-9-16-31-26-10-5-7-18-35(26)46-44(31)33/h1-24H. The molecule has 0 fully saturated rings. The van der Waals surface area contributed by atoms with Crippen molar-refractivity contribution in [1.82, 2.24) is 0 Å². The maximum absolute atomic E-state index is 6.58. The third-order valence-corrected chi connectivity index (χ3v) is 11.0. The van der Waals surface area contributed by atoms with Crippen LogP contribution in [0.2, 0.25) is 0 Å². The minimum atomic E-state index is 0.910. The lowest BCUT2D eigenvalue weighted by Gasteiger charge is -2.18. The fraction of sp³-hybridized carbons (Fsp3) is 0. The predicted molar refractivity (Wildman–Crippen MR) is 200 cm³/mol. The minimum Gasteiger partial charge on any atom is -0.456 e. The van der Waals surface area contributed by atoms with E-state index in [-0.39, 0.29) is 0 Å². The van der Waals surface area contributed by atoms with E-state index >= 15 is 0 Å². The minimum absolute atomic E-state index is 0.910. The molecule has 0 saturated carbocycles. The van der Waals surface area contributed by atoms with Gasteiger partial charge in [-0.15, -0.1) is 11.3 Å². The van der Waals surface area contributed by atoms with E-state index in [0.29, 0.717) is 0 Å².